The molecule has 0 bridgehead atoms. The van der Waals surface area contributed by atoms with Crippen LogP contribution in [-0.4, -0.2) is 0 Å². The second-order valence-electron chi connectivity index (χ2n) is 15.8. The average molecular weight is 675 g/mol. The van der Waals surface area contributed by atoms with E-state index in [1.165, 1.54) is 49.9 Å². The number of fused-ring (bicyclic) bond motifs is 6. The molecule has 0 fully saturated rings. The van der Waals surface area contributed by atoms with Crippen LogP contribution in [0, 0.1) is 0 Å². The quantitative estimate of drug-likeness (QED) is 0.175. The van der Waals surface area contributed by atoms with Crippen molar-refractivity contribution in [2.75, 3.05) is 0 Å². The molecule has 2 heterocycles. The van der Waals surface area contributed by atoms with Crippen molar-refractivity contribution in [2.24, 2.45) is 0 Å². The number of hydrogen-bond acceptors (Lipinski definition) is 2. The monoisotopic (exact) mass is 674 g/mol. The van der Waals surface area contributed by atoms with Crippen LogP contribution in [0.2, 0.25) is 0 Å². The van der Waals surface area contributed by atoms with E-state index in [1.54, 1.807) is 0 Å². The number of hydrogen-bond donors (Lipinski definition) is 0. The van der Waals surface area contributed by atoms with Crippen LogP contribution in [0.15, 0.2) is 160 Å². The van der Waals surface area contributed by atoms with Gasteiger partial charge in [0, 0.05) is 27.1 Å². The van der Waals surface area contributed by atoms with Crippen LogP contribution in [0.3, 0.4) is 0 Å². The second-order valence-corrected chi connectivity index (χ2v) is 15.8. The summed E-state index contributed by atoms with van der Waals surface area (Å²) in [4.78, 5) is 0. The first kappa shape index (κ1) is 32.1. The highest BCUT2D eigenvalue weighted by molar-refractivity contribution is 6.13. The van der Waals surface area contributed by atoms with Crippen LogP contribution in [0.5, 0.6) is 0 Å². The maximum absolute atomic E-state index is 6.65. The lowest BCUT2D eigenvalue weighted by Gasteiger charge is -2.31. The highest BCUT2D eigenvalue weighted by atomic mass is 16.3. The van der Waals surface area contributed by atoms with Gasteiger partial charge in [0.2, 0.25) is 0 Å². The predicted octanol–water partition coefficient (Wildman–Crippen LogP) is 14.3. The van der Waals surface area contributed by atoms with E-state index in [1.807, 2.05) is 6.07 Å². The van der Waals surface area contributed by atoms with E-state index in [0.717, 1.165) is 50.5 Å². The minimum atomic E-state index is -0.257. The molecule has 254 valence electrons. The van der Waals surface area contributed by atoms with Gasteiger partial charge in [-0.1, -0.05) is 168 Å². The molecule has 2 heteroatoms. The molecule has 0 amide bonds. The van der Waals surface area contributed by atoms with Gasteiger partial charge in [-0.05, 0) is 80.0 Å². The molecule has 0 radical (unpaired) electrons. The minimum Gasteiger partial charge on any atom is -0.456 e. The Bertz CT molecular complexity index is 2770. The summed E-state index contributed by atoms with van der Waals surface area (Å²) in [6, 6.07) is 54.5. The molecule has 7 aromatic carbocycles. The number of para-hydroxylation sites is 2. The topological polar surface area (TPSA) is 26.3 Å². The first-order valence-electron chi connectivity index (χ1n) is 18.3. The molecule has 0 saturated heterocycles. The number of rotatable bonds is 6. The van der Waals surface area contributed by atoms with Crippen molar-refractivity contribution in [1.82, 2.24) is 0 Å². The molecule has 0 aliphatic carbocycles. The van der Waals surface area contributed by atoms with Crippen LogP contribution in [0.4, 0.5) is 0 Å². The zero-order chi connectivity index (χ0) is 35.6. The van der Waals surface area contributed by atoms with E-state index < -0.39 is 0 Å². The zero-order valence-corrected chi connectivity index (χ0v) is 30.5. The van der Waals surface area contributed by atoms with Gasteiger partial charge in [-0.15, -0.1) is 0 Å². The lowest BCUT2D eigenvalue weighted by Crippen LogP contribution is -2.23. The minimum absolute atomic E-state index is 0.0158. The highest BCUT2D eigenvalue weighted by Gasteiger charge is 2.30. The normalized spacial score (nSPS) is 12.4. The Labute approximate surface area is 305 Å². The van der Waals surface area contributed by atoms with Gasteiger partial charge in [0.25, 0.3) is 0 Å². The summed E-state index contributed by atoms with van der Waals surface area (Å²) in [5.41, 5.74) is 14.6. The van der Waals surface area contributed by atoms with Gasteiger partial charge >= 0.3 is 0 Å². The molecule has 2 aromatic heterocycles. The molecule has 0 saturated carbocycles. The first-order chi connectivity index (χ1) is 25.2. The van der Waals surface area contributed by atoms with Crippen molar-refractivity contribution in [1.29, 1.82) is 0 Å². The maximum Gasteiger partial charge on any atom is 0.143 e. The van der Waals surface area contributed by atoms with Gasteiger partial charge in [0.05, 0.1) is 0 Å². The van der Waals surface area contributed by atoms with Crippen LogP contribution in [0.25, 0.3) is 77.3 Å². The van der Waals surface area contributed by atoms with E-state index in [9.17, 15) is 0 Å². The van der Waals surface area contributed by atoms with E-state index in [-0.39, 0.29) is 10.8 Å². The van der Waals surface area contributed by atoms with Gasteiger partial charge in [0.15, 0.2) is 0 Å². The zero-order valence-electron chi connectivity index (χ0n) is 30.5. The van der Waals surface area contributed by atoms with E-state index in [4.69, 9.17) is 8.83 Å². The molecule has 0 atom stereocenters. The molecule has 9 rings (SSSR count). The van der Waals surface area contributed by atoms with Gasteiger partial charge in [-0.2, -0.15) is 0 Å². The van der Waals surface area contributed by atoms with E-state index >= 15 is 0 Å². The lowest BCUT2D eigenvalue weighted by atomic mass is 9.72. The van der Waals surface area contributed by atoms with Crippen molar-refractivity contribution in [3.8, 4) is 33.4 Å². The van der Waals surface area contributed by atoms with Crippen LogP contribution in [0.1, 0.15) is 51.3 Å². The predicted molar refractivity (Wildman–Crippen MR) is 219 cm³/mol. The molecular weight excluding hydrogens is 633 g/mol. The van der Waals surface area contributed by atoms with Crippen molar-refractivity contribution < 1.29 is 8.83 Å². The Hall–Kier alpha value is -5.86. The van der Waals surface area contributed by atoms with Crippen molar-refractivity contribution in [3.63, 3.8) is 0 Å². The summed E-state index contributed by atoms with van der Waals surface area (Å²) in [5.74, 6) is 0. The fraction of sp³-hybridized carbons (Fsp3) is 0.160. The average Bonchev–Trinajstić information content (AvgIpc) is 3.72. The smallest absolute Gasteiger partial charge is 0.143 e. The SMILES string of the molecule is CC(C)(C)c1ccccc1-c1cccc2oc3cc(CC(C)(C)c4c(-c5ccccc5)cccc4-c4cccc5c4oc4ccccc45)ccc3c12. The van der Waals surface area contributed by atoms with E-state index in [2.05, 4.69) is 180 Å². The summed E-state index contributed by atoms with van der Waals surface area (Å²) in [6.07, 6.45) is 0.826. The van der Waals surface area contributed by atoms with Crippen molar-refractivity contribution in [3.05, 3.63) is 168 Å². The molecule has 52 heavy (non-hydrogen) atoms. The summed E-state index contributed by atoms with van der Waals surface area (Å²) in [6.45, 7) is 11.6. The van der Waals surface area contributed by atoms with Gasteiger partial charge in [-0.25, -0.2) is 0 Å². The molecule has 0 spiro atoms. The Balaban J connectivity index is 1.19. The molecule has 0 aliphatic rings. The molecule has 2 nitrogen and oxygen atoms in total. The molecule has 0 unspecified atom stereocenters. The number of furan rings is 2. The lowest BCUT2D eigenvalue weighted by molar-refractivity contribution is 0.525. The van der Waals surface area contributed by atoms with E-state index in [0.29, 0.717) is 0 Å². The first-order valence-corrected chi connectivity index (χ1v) is 18.3. The van der Waals surface area contributed by atoms with Crippen molar-refractivity contribution in [2.45, 2.75) is 51.9 Å². The second kappa shape index (κ2) is 12.1. The Morgan fingerprint density at radius 2 is 1.08 bits per heavy atom. The standard InChI is InChI=1S/C50H42O2/c1-49(2,3)42-25-11-9-18-35(42)37-21-15-27-44-46(37)41-29-28-32(30-45(41)51-44)31-50(4,5)47-34(33-16-7-6-8-17-33)20-13-22-38(47)40-24-14-23-39-36-19-10-12-26-43(36)52-48(39)40/h6-30H,31H2,1-5H3. The molecule has 9 aromatic rings. The molecule has 0 N–H and O–H groups in total. The largest absolute Gasteiger partial charge is 0.456 e. The third kappa shape index (κ3) is 5.33. The fourth-order valence-corrected chi connectivity index (χ4v) is 8.50. The van der Waals surface area contributed by atoms with Crippen LogP contribution < -0.4 is 0 Å². The summed E-state index contributed by atoms with van der Waals surface area (Å²) in [5, 5.41) is 4.61. The summed E-state index contributed by atoms with van der Waals surface area (Å²) >= 11 is 0. The van der Waals surface area contributed by atoms with Crippen LogP contribution in [-0.2, 0) is 17.3 Å². The Morgan fingerprint density at radius 3 is 1.92 bits per heavy atom. The van der Waals surface area contributed by atoms with Crippen LogP contribution >= 0.6 is 0 Å². The Morgan fingerprint density at radius 1 is 0.442 bits per heavy atom. The highest BCUT2D eigenvalue weighted by Crippen LogP contribution is 2.46. The van der Waals surface area contributed by atoms with Gasteiger partial charge < -0.3 is 8.83 Å². The maximum atomic E-state index is 6.65. The third-order valence-electron chi connectivity index (χ3n) is 10.8. The number of benzene rings is 7. The summed E-state index contributed by atoms with van der Waals surface area (Å²) in [7, 11) is 0. The van der Waals surface area contributed by atoms with Gasteiger partial charge in [0.1, 0.15) is 22.3 Å². The third-order valence-corrected chi connectivity index (χ3v) is 10.8. The van der Waals surface area contributed by atoms with Gasteiger partial charge in [-0.3, -0.25) is 0 Å². The Kier molecular flexibility index (Phi) is 7.48. The van der Waals surface area contributed by atoms with Crippen molar-refractivity contribution >= 4 is 43.9 Å². The summed E-state index contributed by atoms with van der Waals surface area (Å²) < 4.78 is 13.3. The fourth-order valence-electron chi connectivity index (χ4n) is 8.50. The molecule has 0 aliphatic heterocycles. The molecular formula is C50H42O2.